The predicted molar refractivity (Wildman–Crippen MR) is 100 cm³/mol. The van der Waals surface area contributed by atoms with E-state index in [0.717, 1.165) is 30.4 Å². The van der Waals surface area contributed by atoms with Gasteiger partial charge in [-0.05, 0) is 48.9 Å². The molecule has 1 aromatic heterocycles. The lowest BCUT2D eigenvalue weighted by molar-refractivity contribution is -0.124. The largest absolute Gasteiger partial charge is 0.415 e. The number of ether oxygens (including phenoxy) is 1. The average molecular weight is 374 g/mol. The van der Waals surface area contributed by atoms with Gasteiger partial charge in [0.05, 0.1) is 5.41 Å². The monoisotopic (exact) mass is 374 g/mol. The standard InChI is InChI=1S/C21H24F2N2O2/c1-13(2)15-7-4-5-8-16(15)21(11-6-12-21)19(26)25-17-10-9-14(3)24-18(17)27-20(22)23/h4-5,7-10,13,20H,6,11-12H2,1-3H3,(H,25,26). The van der Waals surface area contributed by atoms with Crippen molar-refractivity contribution >= 4 is 11.6 Å². The summed E-state index contributed by atoms with van der Waals surface area (Å²) in [7, 11) is 0. The van der Waals surface area contributed by atoms with Gasteiger partial charge in [-0.2, -0.15) is 8.78 Å². The molecule has 0 aliphatic heterocycles. The molecule has 2 aromatic rings. The number of carbonyl (C=O) groups is 1. The first-order valence-electron chi connectivity index (χ1n) is 9.17. The van der Waals surface area contributed by atoms with Gasteiger partial charge < -0.3 is 10.1 Å². The number of benzene rings is 1. The highest BCUT2D eigenvalue weighted by Gasteiger charge is 2.47. The SMILES string of the molecule is Cc1ccc(NC(=O)C2(c3ccccc3C(C)C)CCC2)c(OC(F)F)n1. The van der Waals surface area contributed by atoms with Crippen LogP contribution in [0.25, 0.3) is 0 Å². The summed E-state index contributed by atoms with van der Waals surface area (Å²) in [5, 5.41) is 2.79. The number of rotatable bonds is 6. The minimum Gasteiger partial charge on any atom is -0.415 e. The van der Waals surface area contributed by atoms with Crippen LogP contribution >= 0.6 is 0 Å². The molecular formula is C21H24F2N2O2. The lowest BCUT2D eigenvalue weighted by Gasteiger charge is -2.42. The maximum Gasteiger partial charge on any atom is 0.388 e. The van der Waals surface area contributed by atoms with Gasteiger partial charge in [-0.25, -0.2) is 4.98 Å². The third-order valence-corrected chi connectivity index (χ3v) is 5.19. The molecule has 1 aromatic carbocycles. The van der Waals surface area contributed by atoms with Gasteiger partial charge in [-0.15, -0.1) is 0 Å². The molecule has 0 spiro atoms. The first-order chi connectivity index (χ1) is 12.8. The summed E-state index contributed by atoms with van der Waals surface area (Å²) in [6.07, 6.45) is 2.41. The molecule has 0 unspecified atom stereocenters. The summed E-state index contributed by atoms with van der Waals surface area (Å²) in [6.45, 7) is 2.87. The first-order valence-corrected chi connectivity index (χ1v) is 9.17. The molecule has 0 bridgehead atoms. The number of aromatic nitrogens is 1. The molecule has 1 amide bonds. The molecule has 1 N–H and O–H groups in total. The van der Waals surface area contributed by atoms with E-state index in [1.807, 2.05) is 24.3 Å². The van der Waals surface area contributed by atoms with E-state index in [0.29, 0.717) is 5.69 Å². The van der Waals surface area contributed by atoms with E-state index in [1.165, 1.54) is 0 Å². The third-order valence-electron chi connectivity index (χ3n) is 5.19. The first kappa shape index (κ1) is 19.3. The number of hydrogen-bond donors (Lipinski definition) is 1. The Balaban J connectivity index is 1.94. The number of nitrogens with zero attached hydrogens (tertiary/aromatic N) is 1. The fourth-order valence-corrected chi connectivity index (χ4v) is 3.63. The molecule has 3 rings (SSSR count). The highest BCUT2D eigenvalue weighted by atomic mass is 19.3. The number of aryl methyl sites for hydroxylation is 1. The van der Waals surface area contributed by atoms with Gasteiger partial charge in [0.1, 0.15) is 5.69 Å². The third kappa shape index (κ3) is 3.80. The second kappa shape index (κ2) is 7.62. The average Bonchev–Trinajstić information content (AvgIpc) is 2.56. The van der Waals surface area contributed by atoms with E-state index in [-0.39, 0.29) is 23.4 Å². The van der Waals surface area contributed by atoms with Gasteiger partial charge in [0, 0.05) is 5.69 Å². The van der Waals surface area contributed by atoms with Crippen LogP contribution < -0.4 is 10.1 Å². The summed E-state index contributed by atoms with van der Waals surface area (Å²) in [5.74, 6) is -0.179. The van der Waals surface area contributed by atoms with E-state index in [1.54, 1.807) is 19.1 Å². The van der Waals surface area contributed by atoms with Crippen molar-refractivity contribution in [2.75, 3.05) is 5.32 Å². The molecule has 1 heterocycles. The molecule has 0 saturated heterocycles. The summed E-state index contributed by atoms with van der Waals surface area (Å²) < 4.78 is 29.9. The summed E-state index contributed by atoms with van der Waals surface area (Å²) >= 11 is 0. The van der Waals surface area contributed by atoms with E-state index in [2.05, 4.69) is 28.9 Å². The van der Waals surface area contributed by atoms with Crippen molar-refractivity contribution in [3.05, 3.63) is 53.2 Å². The van der Waals surface area contributed by atoms with Crippen LogP contribution in [0.4, 0.5) is 14.5 Å². The van der Waals surface area contributed by atoms with Gasteiger partial charge in [-0.1, -0.05) is 44.5 Å². The molecular weight excluding hydrogens is 350 g/mol. The molecule has 1 aliphatic carbocycles. The maximum absolute atomic E-state index is 13.2. The van der Waals surface area contributed by atoms with Gasteiger partial charge in [0.25, 0.3) is 0 Å². The topological polar surface area (TPSA) is 51.2 Å². The molecule has 27 heavy (non-hydrogen) atoms. The Morgan fingerprint density at radius 2 is 1.89 bits per heavy atom. The Hall–Kier alpha value is -2.50. The molecule has 0 radical (unpaired) electrons. The van der Waals surface area contributed by atoms with Gasteiger partial charge in [0.2, 0.25) is 11.8 Å². The van der Waals surface area contributed by atoms with Crippen LogP contribution in [0, 0.1) is 6.92 Å². The number of anilines is 1. The lowest BCUT2D eigenvalue weighted by atomic mass is 9.62. The fraction of sp³-hybridized carbons (Fsp3) is 0.429. The number of alkyl halides is 2. The van der Waals surface area contributed by atoms with Crippen LogP contribution in [-0.2, 0) is 10.2 Å². The molecule has 144 valence electrons. The number of halogens is 2. The van der Waals surface area contributed by atoms with Crippen LogP contribution in [0.1, 0.15) is 55.8 Å². The van der Waals surface area contributed by atoms with Crippen LogP contribution in [0.3, 0.4) is 0 Å². The fourth-order valence-electron chi connectivity index (χ4n) is 3.63. The normalized spacial score (nSPS) is 15.5. The Kier molecular flexibility index (Phi) is 5.44. The maximum atomic E-state index is 13.2. The van der Waals surface area contributed by atoms with Crippen molar-refractivity contribution in [1.82, 2.24) is 4.98 Å². The minimum atomic E-state index is -3.01. The zero-order chi connectivity index (χ0) is 19.6. The van der Waals surface area contributed by atoms with Crippen molar-refractivity contribution in [2.24, 2.45) is 0 Å². The summed E-state index contributed by atoms with van der Waals surface area (Å²) in [5.41, 5.74) is 2.21. The van der Waals surface area contributed by atoms with Crippen LogP contribution in [-0.4, -0.2) is 17.5 Å². The number of pyridine rings is 1. The molecule has 0 atom stereocenters. The smallest absolute Gasteiger partial charge is 0.388 e. The quantitative estimate of drug-likeness (QED) is 0.758. The second-order valence-corrected chi connectivity index (χ2v) is 7.32. The van der Waals surface area contributed by atoms with Crippen molar-refractivity contribution in [3.8, 4) is 5.88 Å². The number of hydrogen-bond acceptors (Lipinski definition) is 3. The Bertz CT molecular complexity index is 833. The predicted octanol–water partition coefficient (Wildman–Crippen LogP) is 5.18. The lowest BCUT2D eigenvalue weighted by Crippen LogP contribution is -2.46. The highest BCUT2D eigenvalue weighted by molar-refractivity contribution is 6.01. The van der Waals surface area contributed by atoms with Crippen molar-refractivity contribution in [2.45, 2.75) is 58.0 Å². The molecule has 4 nitrogen and oxygen atoms in total. The van der Waals surface area contributed by atoms with Crippen LogP contribution in [0.2, 0.25) is 0 Å². The van der Waals surface area contributed by atoms with Crippen molar-refractivity contribution in [1.29, 1.82) is 0 Å². The molecule has 1 saturated carbocycles. The molecule has 1 aliphatic rings. The van der Waals surface area contributed by atoms with Gasteiger partial charge >= 0.3 is 6.61 Å². The molecule has 6 heteroatoms. The Morgan fingerprint density at radius 3 is 2.48 bits per heavy atom. The minimum absolute atomic E-state index is 0.166. The van der Waals surface area contributed by atoms with E-state index in [9.17, 15) is 13.6 Å². The second-order valence-electron chi connectivity index (χ2n) is 7.32. The number of nitrogens with one attached hydrogen (secondary N) is 1. The van der Waals surface area contributed by atoms with Gasteiger partial charge in [0.15, 0.2) is 0 Å². The zero-order valence-corrected chi connectivity index (χ0v) is 15.8. The Labute approximate surface area is 158 Å². The summed E-state index contributed by atoms with van der Waals surface area (Å²) in [6, 6.07) is 11.2. The van der Waals surface area contributed by atoms with Gasteiger partial charge in [-0.3, -0.25) is 4.79 Å². The zero-order valence-electron chi connectivity index (χ0n) is 15.8. The van der Waals surface area contributed by atoms with Crippen LogP contribution in [0.5, 0.6) is 5.88 Å². The molecule has 1 fully saturated rings. The number of amides is 1. The highest BCUT2D eigenvalue weighted by Crippen LogP contribution is 2.47. The van der Waals surface area contributed by atoms with Crippen molar-refractivity contribution < 1.29 is 18.3 Å². The Morgan fingerprint density at radius 1 is 1.19 bits per heavy atom. The van der Waals surface area contributed by atoms with E-state index >= 15 is 0 Å². The van der Waals surface area contributed by atoms with E-state index in [4.69, 9.17) is 0 Å². The van der Waals surface area contributed by atoms with E-state index < -0.39 is 12.0 Å². The number of carbonyl (C=O) groups excluding carboxylic acids is 1. The van der Waals surface area contributed by atoms with Crippen LogP contribution in [0.15, 0.2) is 36.4 Å². The van der Waals surface area contributed by atoms with Crippen molar-refractivity contribution in [3.63, 3.8) is 0 Å². The summed E-state index contributed by atoms with van der Waals surface area (Å²) in [4.78, 5) is 17.2.